The molecule has 0 spiro atoms. The molecule has 0 saturated heterocycles. The van der Waals surface area contributed by atoms with Gasteiger partial charge >= 0.3 is 0 Å². The van der Waals surface area contributed by atoms with Gasteiger partial charge in [0.05, 0.1) is 11.2 Å². The van der Waals surface area contributed by atoms with Crippen LogP contribution in [-0.4, -0.2) is 15.9 Å². The first-order chi connectivity index (χ1) is 11.6. The molecule has 3 aromatic rings. The van der Waals surface area contributed by atoms with E-state index in [0.717, 1.165) is 39.8 Å². The second-order valence-corrected chi connectivity index (χ2v) is 5.80. The first-order valence-corrected chi connectivity index (χ1v) is 7.97. The summed E-state index contributed by atoms with van der Waals surface area (Å²) in [5.74, 6) is 0.00496. The lowest BCUT2D eigenvalue weighted by atomic mass is 10.1. The van der Waals surface area contributed by atoms with Crippen LogP contribution in [0.25, 0.3) is 22.2 Å². The Morgan fingerprint density at radius 1 is 1.21 bits per heavy atom. The minimum Gasteiger partial charge on any atom is -0.328 e. The molecule has 0 bridgehead atoms. The molecule has 0 aliphatic heterocycles. The molecule has 2 N–H and O–H groups in total. The number of hydrogen-bond donors (Lipinski definition) is 2. The lowest BCUT2D eigenvalue weighted by Crippen LogP contribution is -2.10. The van der Waals surface area contributed by atoms with Gasteiger partial charge in [-0.3, -0.25) is 9.59 Å². The number of aromatic nitrogens is 2. The average molecular weight is 321 g/mol. The summed E-state index contributed by atoms with van der Waals surface area (Å²) in [6.07, 6.45) is 2.97. The Bertz CT molecular complexity index is 940. The van der Waals surface area contributed by atoms with Gasteiger partial charge in [0.25, 0.3) is 0 Å². The Hall–Kier alpha value is -2.95. The highest BCUT2D eigenvalue weighted by atomic mass is 16.1. The fraction of sp³-hybridized carbons (Fsp3) is 0.211. The fourth-order valence-electron chi connectivity index (χ4n) is 2.65. The highest BCUT2D eigenvalue weighted by Crippen LogP contribution is 2.25. The van der Waals surface area contributed by atoms with Crippen molar-refractivity contribution in [1.82, 2.24) is 9.97 Å². The van der Waals surface area contributed by atoms with Crippen LogP contribution < -0.4 is 10.9 Å². The fourth-order valence-corrected chi connectivity index (χ4v) is 2.65. The molecule has 0 unspecified atom stereocenters. The standard InChI is InChI=1S/C19H19N3O2/c1-3-4-19(24)21-14-6-7-15-12(2)9-16(22-17(15)10-14)13-5-8-18(23)20-11-13/h5-11H,3-4H2,1-2H3,(H,20,23)(H,21,24). The molecule has 3 rings (SSSR count). The van der Waals surface area contributed by atoms with E-state index < -0.39 is 0 Å². The lowest BCUT2D eigenvalue weighted by molar-refractivity contribution is -0.116. The highest BCUT2D eigenvalue weighted by Gasteiger charge is 2.07. The number of aryl methyl sites for hydroxylation is 1. The molecule has 2 aromatic heterocycles. The largest absolute Gasteiger partial charge is 0.328 e. The van der Waals surface area contributed by atoms with Crippen molar-refractivity contribution in [3.63, 3.8) is 0 Å². The van der Waals surface area contributed by atoms with E-state index in [9.17, 15) is 9.59 Å². The van der Waals surface area contributed by atoms with E-state index in [2.05, 4.69) is 15.3 Å². The summed E-state index contributed by atoms with van der Waals surface area (Å²) in [6, 6.07) is 11.0. The van der Waals surface area contributed by atoms with Gasteiger partial charge in [0, 0.05) is 35.3 Å². The minimum absolute atomic E-state index is 0.00496. The van der Waals surface area contributed by atoms with Crippen LogP contribution in [0.1, 0.15) is 25.3 Å². The molecule has 5 heteroatoms. The van der Waals surface area contributed by atoms with Crippen molar-refractivity contribution in [3.05, 3.63) is 58.5 Å². The van der Waals surface area contributed by atoms with Crippen molar-refractivity contribution in [2.45, 2.75) is 26.7 Å². The van der Waals surface area contributed by atoms with Crippen LogP contribution in [0, 0.1) is 6.92 Å². The van der Waals surface area contributed by atoms with Gasteiger partial charge in [-0.25, -0.2) is 4.98 Å². The lowest BCUT2D eigenvalue weighted by Gasteiger charge is -2.09. The molecule has 0 aliphatic carbocycles. The Balaban J connectivity index is 2.02. The molecule has 122 valence electrons. The summed E-state index contributed by atoms with van der Waals surface area (Å²) in [4.78, 5) is 30.3. The number of anilines is 1. The van der Waals surface area contributed by atoms with E-state index >= 15 is 0 Å². The Morgan fingerprint density at radius 2 is 2.04 bits per heavy atom. The average Bonchev–Trinajstić information content (AvgIpc) is 2.55. The van der Waals surface area contributed by atoms with E-state index in [1.807, 2.05) is 38.1 Å². The number of aromatic amines is 1. The third kappa shape index (κ3) is 3.35. The number of amides is 1. The Kier molecular flexibility index (Phi) is 4.42. The van der Waals surface area contributed by atoms with Crippen molar-refractivity contribution in [3.8, 4) is 11.3 Å². The number of rotatable bonds is 4. The minimum atomic E-state index is -0.141. The molecule has 2 heterocycles. The number of carbonyl (C=O) groups excluding carboxylic acids is 1. The van der Waals surface area contributed by atoms with Crippen LogP contribution in [-0.2, 0) is 4.79 Å². The van der Waals surface area contributed by atoms with Crippen molar-refractivity contribution < 1.29 is 4.79 Å². The third-order valence-electron chi connectivity index (χ3n) is 3.86. The Labute approximate surface area is 139 Å². The second kappa shape index (κ2) is 6.66. The van der Waals surface area contributed by atoms with Gasteiger partial charge in [0.2, 0.25) is 11.5 Å². The number of pyridine rings is 2. The number of carbonyl (C=O) groups is 1. The summed E-state index contributed by atoms with van der Waals surface area (Å²) in [5, 5.41) is 3.93. The van der Waals surface area contributed by atoms with E-state index in [0.29, 0.717) is 6.42 Å². The van der Waals surface area contributed by atoms with Gasteiger partial charge in [0.15, 0.2) is 0 Å². The number of fused-ring (bicyclic) bond motifs is 1. The maximum atomic E-state index is 11.8. The predicted octanol–water partition coefficient (Wildman–Crippen LogP) is 3.64. The Morgan fingerprint density at radius 3 is 2.75 bits per heavy atom. The molecule has 1 aromatic carbocycles. The molecule has 0 aliphatic rings. The van der Waals surface area contributed by atoms with Crippen molar-refractivity contribution in [1.29, 1.82) is 0 Å². The zero-order valence-electron chi connectivity index (χ0n) is 13.7. The van der Waals surface area contributed by atoms with Crippen LogP contribution in [0.15, 0.2) is 47.4 Å². The molecule has 1 amide bonds. The first-order valence-electron chi connectivity index (χ1n) is 7.97. The number of benzene rings is 1. The normalized spacial score (nSPS) is 10.8. The van der Waals surface area contributed by atoms with Gasteiger partial charge < -0.3 is 10.3 Å². The van der Waals surface area contributed by atoms with Crippen LogP contribution >= 0.6 is 0 Å². The zero-order chi connectivity index (χ0) is 17.1. The monoisotopic (exact) mass is 321 g/mol. The van der Waals surface area contributed by atoms with Gasteiger partial charge in [-0.2, -0.15) is 0 Å². The van der Waals surface area contributed by atoms with Crippen LogP contribution in [0.5, 0.6) is 0 Å². The van der Waals surface area contributed by atoms with Crippen molar-refractivity contribution in [2.24, 2.45) is 0 Å². The quantitative estimate of drug-likeness (QED) is 0.770. The smallest absolute Gasteiger partial charge is 0.247 e. The van der Waals surface area contributed by atoms with Gasteiger partial charge in [-0.15, -0.1) is 0 Å². The third-order valence-corrected chi connectivity index (χ3v) is 3.86. The number of H-pyrrole nitrogens is 1. The molecular weight excluding hydrogens is 302 g/mol. The number of hydrogen-bond acceptors (Lipinski definition) is 3. The van der Waals surface area contributed by atoms with Crippen LogP contribution in [0.4, 0.5) is 5.69 Å². The van der Waals surface area contributed by atoms with Gasteiger partial charge in [0.1, 0.15) is 0 Å². The molecule has 0 saturated carbocycles. The van der Waals surface area contributed by atoms with Crippen LogP contribution in [0.2, 0.25) is 0 Å². The number of nitrogens with zero attached hydrogens (tertiary/aromatic N) is 1. The summed E-state index contributed by atoms with van der Waals surface area (Å²) in [6.45, 7) is 4.00. The zero-order valence-corrected chi connectivity index (χ0v) is 13.7. The maximum absolute atomic E-state index is 11.8. The molecule has 0 atom stereocenters. The topological polar surface area (TPSA) is 74.8 Å². The van der Waals surface area contributed by atoms with Gasteiger partial charge in [-0.1, -0.05) is 13.0 Å². The molecule has 24 heavy (non-hydrogen) atoms. The predicted molar refractivity (Wildman–Crippen MR) is 96.1 cm³/mol. The number of nitrogens with one attached hydrogen (secondary N) is 2. The summed E-state index contributed by atoms with van der Waals surface area (Å²) < 4.78 is 0. The highest BCUT2D eigenvalue weighted by molar-refractivity contribution is 5.94. The second-order valence-electron chi connectivity index (χ2n) is 5.80. The van der Waals surface area contributed by atoms with Crippen molar-refractivity contribution in [2.75, 3.05) is 5.32 Å². The van der Waals surface area contributed by atoms with Crippen molar-refractivity contribution >= 4 is 22.5 Å². The SMILES string of the molecule is CCCC(=O)Nc1ccc2c(C)cc(-c3ccc(=O)[nH]c3)nc2c1. The summed E-state index contributed by atoms with van der Waals surface area (Å²) in [5.41, 5.74) is 4.13. The maximum Gasteiger partial charge on any atom is 0.247 e. The van der Waals surface area contributed by atoms with Crippen LogP contribution in [0.3, 0.4) is 0 Å². The van der Waals surface area contributed by atoms with E-state index in [1.165, 1.54) is 6.07 Å². The molecular formula is C19H19N3O2. The summed E-state index contributed by atoms with van der Waals surface area (Å²) >= 11 is 0. The van der Waals surface area contributed by atoms with E-state index in [-0.39, 0.29) is 11.5 Å². The van der Waals surface area contributed by atoms with E-state index in [4.69, 9.17) is 0 Å². The van der Waals surface area contributed by atoms with E-state index in [1.54, 1.807) is 12.3 Å². The first kappa shape index (κ1) is 15.9. The molecule has 0 radical (unpaired) electrons. The summed E-state index contributed by atoms with van der Waals surface area (Å²) in [7, 11) is 0. The molecule has 5 nitrogen and oxygen atoms in total. The molecule has 0 fully saturated rings. The van der Waals surface area contributed by atoms with Gasteiger partial charge in [-0.05, 0) is 43.2 Å².